The molecule has 1 heterocycles. The molecule has 0 unspecified atom stereocenters. The van der Waals surface area contributed by atoms with Crippen molar-refractivity contribution >= 4 is 11.9 Å². The minimum Gasteiger partial charge on any atom is -0.469 e. The Labute approximate surface area is 170 Å². The van der Waals surface area contributed by atoms with Gasteiger partial charge in [-0.15, -0.1) is 0 Å². The molecule has 0 aliphatic carbocycles. The highest BCUT2D eigenvalue weighted by Gasteiger charge is 2.20. The highest BCUT2D eigenvalue weighted by atomic mass is 16.5. The maximum Gasteiger partial charge on any atom is 0.307 e. The van der Waals surface area contributed by atoms with Gasteiger partial charge in [0.25, 0.3) is 5.91 Å². The molecule has 0 radical (unpaired) electrons. The Morgan fingerprint density at radius 3 is 2.52 bits per heavy atom. The van der Waals surface area contributed by atoms with E-state index in [-0.39, 0.29) is 24.3 Å². The van der Waals surface area contributed by atoms with Crippen LogP contribution < -0.4 is 0 Å². The maximum atomic E-state index is 13.1. The maximum absolute atomic E-state index is 13.1. The second-order valence-corrected chi connectivity index (χ2v) is 6.96. The van der Waals surface area contributed by atoms with Crippen LogP contribution in [0.3, 0.4) is 0 Å². The number of esters is 1. The highest BCUT2D eigenvalue weighted by molar-refractivity contribution is 5.95. The predicted octanol–water partition coefficient (Wildman–Crippen LogP) is 3.95. The summed E-state index contributed by atoms with van der Waals surface area (Å²) in [5, 5.41) is 4.44. The van der Waals surface area contributed by atoms with Crippen LogP contribution in [0.2, 0.25) is 0 Å². The van der Waals surface area contributed by atoms with Crippen LogP contribution in [0.15, 0.2) is 66.9 Å². The van der Waals surface area contributed by atoms with Crippen molar-refractivity contribution in [3.63, 3.8) is 0 Å². The Balaban J connectivity index is 1.89. The third-order valence-corrected chi connectivity index (χ3v) is 4.72. The first-order valence-corrected chi connectivity index (χ1v) is 9.59. The zero-order valence-corrected chi connectivity index (χ0v) is 16.9. The molecule has 3 rings (SSSR count). The number of carbonyl (C=O) groups is 2. The van der Waals surface area contributed by atoms with Gasteiger partial charge in [0.05, 0.1) is 31.1 Å². The topological polar surface area (TPSA) is 64.4 Å². The van der Waals surface area contributed by atoms with Gasteiger partial charge in [0.15, 0.2) is 0 Å². The number of hydrogen-bond acceptors (Lipinski definition) is 4. The minimum atomic E-state index is -0.332. The van der Waals surface area contributed by atoms with Crippen molar-refractivity contribution in [2.45, 2.75) is 26.3 Å². The molecule has 6 nitrogen and oxygen atoms in total. The summed E-state index contributed by atoms with van der Waals surface area (Å²) in [6.07, 6.45) is 1.91. The molecule has 3 aromatic rings. The van der Waals surface area contributed by atoms with Gasteiger partial charge in [-0.25, -0.2) is 4.68 Å². The van der Waals surface area contributed by atoms with Crippen LogP contribution in [-0.4, -0.2) is 46.3 Å². The van der Waals surface area contributed by atoms with E-state index in [2.05, 4.69) is 5.10 Å². The summed E-state index contributed by atoms with van der Waals surface area (Å²) in [5.41, 5.74) is 3.34. The molecule has 1 amide bonds. The molecule has 0 N–H and O–H groups in total. The molecule has 0 saturated heterocycles. The number of nitrogens with zero attached hydrogens (tertiary/aromatic N) is 3. The molecule has 0 atom stereocenters. The lowest BCUT2D eigenvalue weighted by atomic mass is 10.1. The van der Waals surface area contributed by atoms with Gasteiger partial charge in [0, 0.05) is 23.7 Å². The fraction of sp³-hybridized carbons (Fsp3) is 0.261. The second-order valence-electron chi connectivity index (χ2n) is 6.96. The highest BCUT2D eigenvalue weighted by Crippen LogP contribution is 2.23. The van der Waals surface area contributed by atoms with Crippen LogP contribution in [0.5, 0.6) is 0 Å². The van der Waals surface area contributed by atoms with Crippen molar-refractivity contribution in [1.82, 2.24) is 14.7 Å². The Morgan fingerprint density at radius 2 is 1.83 bits per heavy atom. The number of methoxy groups -OCH3 is 1. The first kappa shape index (κ1) is 20.3. The van der Waals surface area contributed by atoms with Crippen molar-refractivity contribution in [3.05, 3.63) is 72.4 Å². The normalized spacial score (nSPS) is 10.8. The summed E-state index contributed by atoms with van der Waals surface area (Å²) >= 11 is 0. The van der Waals surface area contributed by atoms with Gasteiger partial charge >= 0.3 is 5.97 Å². The van der Waals surface area contributed by atoms with E-state index in [9.17, 15) is 9.59 Å². The van der Waals surface area contributed by atoms with E-state index < -0.39 is 0 Å². The van der Waals surface area contributed by atoms with Gasteiger partial charge < -0.3 is 9.64 Å². The Kier molecular flexibility index (Phi) is 6.44. The summed E-state index contributed by atoms with van der Waals surface area (Å²) < 4.78 is 6.52. The van der Waals surface area contributed by atoms with E-state index in [1.54, 1.807) is 17.2 Å². The van der Waals surface area contributed by atoms with Gasteiger partial charge in [0.1, 0.15) is 0 Å². The Morgan fingerprint density at radius 1 is 1.07 bits per heavy atom. The molecule has 0 bridgehead atoms. The molecule has 0 spiro atoms. The molecule has 0 aliphatic rings. The summed E-state index contributed by atoms with van der Waals surface area (Å²) in [6, 6.07) is 19.3. The van der Waals surface area contributed by atoms with E-state index >= 15 is 0 Å². The number of carbonyl (C=O) groups excluding carboxylic acids is 2. The molecule has 150 valence electrons. The third-order valence-electron chi connectivity index (χ3n) is 4.72. The SMILES string of the molecule is COC(=O)CCN(C(=O)c1cccc(-n2nccc2-c2ccccc2)c1)C(C)C. The first-order chi connectivity index (χ1) is 14.0. The monoisotopic (exact) mass is 391 g/mol. The standard InChI is InChI=1S/C23H25N3O3/c1-17(2)25(15-13-22(27)29-3)23(28)19-10-7-11-20(16-19)26-21(12-14-24-26)18-8-5-4-6-9-18/h4-12,14,16-17H,13,15H2,1-3H3. The van der Waals surface area contributed by atoms with Crippen molar-refractivity contribution in [3.8, 4) is 16.9 Å². The molecule has 1 aromatic heterocycles. The van der Waals surface area contributed by atoms with Crippen molar-refractivity contribution in [1.29, 1.82) is 0 Å². The fourth-order valence-electron chi connectivity index (χ4n) is 3.18. The number of aromatic nitrogens is 2. The Hall–Kier alpha value is -3.41. The number of benzene rings is 2. The molecule has 2 aromatic carbocycles. The molecule has 6 heteroatoms. The van der Waals surface area contributed by atoms with Gasteiger partial charge in [-0.2, -0.15) is 5.10 Å². The van der Waals surface area contributed by atoms with Crippen molar-refractivity contribution in [2.75, 3.05) is 13.7 Å². The number of ether oxygens (including phenoxy) is 1. The zero-order valence-electron chi connectivity index (χ0n) is 16.9. The lowest BCUT2D eigenvalue weighted by Gasteiger charge is -2.26. The molecule has 29 heavy (non-hydrogen) atoms. The molecule has 0 aliphatic heterocycles. The summed E-state index contributed by atoms with van der Waals surface area (Å²) in [4.78, 5) is 26.3. The zero-order chi connectivity index (χ0) is 20.8. The number of rotatable bonds is 7. The lowest BCUT2D eigenvalue weighted by molar-refractivity contribution is -0.140. The smallest absolute Gasteiger partial charge is 0.307 e. The van der Waals surface area contributed by atoms with E-state index in [4.69, 9.17) is 4.74 Å². The number of hydrogen-bond donors (Lipinski definition) is 0. The van der Waals surface area contributed by atoms with E-state index in [1.807, 2.05) is 73.1 Å². The first-order valence-electron chi connectivity index (χ1n) is 9.59. The van der Waals surface area contributed by atoms with E-state index in [0.717, 1.165) is 16.9 Å². The third kappa shape index (κ3) is 4.71. The van der Waals surface area contributed by atoms with Crippen LogP contribution in [0.4, 0.5) is 0 Å². The second kappa shape index (κ2) is 9.19. The van der Waals surface area contributed by atoms with Crippen LogP contribution in [0.25, 0.3) is 16.9 Å². The van der Waals surface area contributed by atoms with Gasteiger partial charge in [0.2, 0.25) is 0 Å². The van der Waals surface area contributed by atoms with Crippen molar-refractivity contribution < 1.29 is 14.3 Å². The summed E-state index contributed by atoms with van der Waals surface area (Å²) in [7, 11) is 1.35. The van der Waals surface area contributed by atoms with E-state index in [1.165, 1.54) is 7.11 Å². The lowest BCUT2D eigenvalue weighted by Crippen LogP contribution is -2.38. The minimum absolute atomic E-state index is 0.0413. The van der Waals surface area contributed by atoms with Crippen LogP contribution >= 0.6 is 0 Å². The predicted molar refractivity (Wildman–Crippen MR) is 112 cm³/mol. The summed E-state index contributed by atoms with van der Waals surface area (Å²) in [5.74, 6) is -0.458. The molecular weight excluding hydrogens is 366 g/mol. The number of amides is 1. The molecule has 0 fully saturated rings. The average molecular weight is 391 g/mol. The molecule has 0 saturated carbocycles. The molecular formula is C23H25N3O3. The van der Waals surface area contributed by atoms with Crippen molar-refractivity contribution in [2.24, 2.45) is 0 Å². The van der Waals surface area contributed by atoms with Crippen LogP contribution in [0.1, 0.15) is 30.6 Å². The largest absolute Gasteiger partial charge is 0.469 e. The summed E-state index contributed by atoms with van der Waals surface area (Å²) in [6.45, 7) is 4.17. The van der Waals surface area contributed by atoms with E-state index in [0.29, 0.717) is 12.1 Å². The van der Waals surface area contributed by atoms with Crippen LogP contribution in [-0.2, 0) is 9.53 Å². The van der Waals surface area contributed by atoms with Gasteiger partial charge in [-0.1, -0.05) is 36.4 Å². The Bertz CT molecular complexity index is 980. The fourth-order valence-corrected chi connectivity index (χ4v) is 3.18. The average Bonchev–Trinajstić information content (AvgIpc) is 3.24. The van der Waals surface area contributed by atoms with Crippen LogP contribution in [0, 0.1) is 0 Å². The van der Waals surface area contributed by atoms with Gasteiger partial charge in [-0.3, -0.25) is 9.59 Å². The van der Waals surface area contributed by atoms with Gasteiger partial charge in [-0.05, 0) is 38.1 Å². The quantitative estimate of drug-likeness (QED) is 0.572.